The summed E-state index contributed by atoms with van der Waals surface area (Å²) in [6.07, 6.45) is 0. The summed E-state index contributed by atoms with van der Waals surface area (Å²) in [5.41, 5.74) is 7.02. The van der Waals surface area contributed by atoms with E-state index in [4.69, 9.17) is 19.2 Å². The SMILES string of the molecule is COc1cc2c(c(OC)c1OC)c(-c1ccccc1)c(-c1ccccc1)n1c3ccccc3nc21. The standard InChI is InChI=1S/C30H24N2O3/c1-33-24-18-21-26(29(35-3)28(24)34-2)25(19-12-6-4-7-13-19)27(20-14-8-5-9-15-20)32-23-17-11-10-16-22(23)31-30(21)32/h4-18H,1-3H3. The summed E-state index contributed by atoms with van der Waals surface area (Å²) in [5, 5.41) is 1.85. The monoisotopic (exact) mass is 460 g/mol. The van der Waals surface area contributed by atoms with Crippen molar-refractivity contribution in [2.45, 2.75) is 0 Å². The first-order valence-electron chi connectivity index (χ1n) is 11.4. The van der Waals surface area contributed by atoms with E-state index in [0.717, 1.165) is 49.8 Å². The van der Waals surface area contributed by atoms with Crippen LogP contribution in [-0.2, 0) is 0 Å². The van der Waals surface area contributed by atoms with E-state index in [9.17, 15) is 0 Å². The molecule has 6 aromatic rings. The highest BCUT2D eigenvalue weighted by atomic mass is 16.5. The molecule has 0 amide bonds. The Morgan fingerprint density at radius 1 is 0.657 bits per heavy atom. The fourth-order valence-electron chi connectivity index (χ4n) is 5.00. The molecule has 35 heavy (non-hydrogen) atoms. The third-order valence-corrected chi connectivity index (χ3v) is 6.45. The Balaban J connectivity index is 1.98. The molecule has 0 spiro atoms. The van der Waals surface area contributed by atoms with Crippen LogP contribution in [0.4, 0.5) is 0 Å². The number of rotatable bonds is 5. The topological polar surface area (TPSA) is 45.0 Å². The van der Waals surface area contributed by atoms with Gasteiger partial charge in [-0.1, -0.05) is 72.8 Å². The molecule has 0 unspecified atom stereocenters. The lowest BCUT2D eigenvalue weighted by atomic mass is 9.92. The van der Waals surface area contributed by atoms with Gasteiger partial charge in [-0.15, -0.1) is 0 Å². The Kier molecular flexibility index (Phi) is 5.03. The largest absolute Gasteiger partial charge is 0.493 e. The molecule has 172 valence electrons. The first-order chi connectivity index (χ1) is 17.3. The van der Waals surface area contributed by atoms with Gasteiger partial charge in [-0.05, 0) is 29.3 Å². The Labute approximate surface area is 203 Å². The van der Waals surface area contributed by atoms with Gasteiger partial charge in [0.25, 0.3) is 0 Å². The van der Waals surface area contributed by atoms with E-state index in [1.165, 1.54) is 0 Å². The molecule has 0 fully saturated rings. The molecule has 0 aliphatic heterocycles. The summed E-state index contributed by atoms with van der Waals surface area (Å²) in [6, 6.07) is 31.0. The molecule has 2 heterocycles. The number of para-hydroxylation sites is 2. The molecular formula is C30H24N2O3. The first kappa shape index (κ1) is 21.1. The molecule has 5 nitrogen and oxygen atoms in total. The van der Waals surface area contributed by atoms with Crippen molar-refractivity contribution in [1.82, 2.24) is 9.38 Å². The van der Waals surface area contributed by atoms with Gasteiger partial charge in [-0.25, -0.2) is 4.98 Å². The highest BCUT2D eigenvalue weighted by Crippen LogP contribution is 2.51. The van der Waals surface area contributed by atoms with Crippen molar-refractivity contribution in [1.29, 1.82) is 0 Å². The van der Waals surface area contributed by atoms with Crippen molar-refractivity contribution in [2.75, 3.05) is 21.3 Å². The number of aromatic nitrogens is 2. The molecule has 0 atom stereocenters. The maximum Gasteiger partial charge on any atom is 0.203 e. The van der Waals surface area contributed by atoms with Crippen LogP contribution in [0.15, 0.2) is 91.0 Å². The summed E-state index contributed by atoms with van der Waals surface area (Å²) in [5.74, 6) is 1.77. The third-order valence-electron chi connectivity index (χ3n) is 6.45. The summed E-state index contributed by atoms with van der Waals surface area (Å²) >= 11 is 0. The smallest absolute Gasteiger partial charge is 0.203 e. The number of imidazole rings is 1. The molecule has 5 heteroatoms. The van der Waals surface area contributed by atoms with Crippen LogP contribution in [0.2, 0.25) is 0 Å². The fraction of sp³-hybridized carbons (Fsp3) is 0.100. The highest BCUT2D eigenvalue weighted by Gasteiger charge is 2.27. The molecule has 0 bridgehead atoms. The Hall–Kier alpha value is -4.51. The van der Waals surface area contributed by atoms with Crippen molar-refractivity contribution >= 4 is 27.5 Å². The normalized spacial score (nSPS) is 11.3. The zero-order valence-electron chi connectivity index (χ0n) is 19.8. The summed E-state index contributed by atoms with van der Waals surface area (Å²) in [7, 11) is 4.94. The van der Waals surface area contributed by atoms with Crippen LogP contribution in [0, 0.1) is 0 Å². The van der Waals surface area contributed by atoms with Gasteiger partial charge in [0.15, 0.2) is 11.5 Å². The van der Waals surface area contributed by atoms with Crippen LogP contribution in [0.25, 0.3) is 49.8 Å². The Morgan fingerprint density at radius 3 is 1.94 bits per heavy atom. The molecule has 6 rings (SSSR count). The number of fused-ring (bicyclic) bond motifs is 5. The molecule has 0 aliphatic rings. The van der Waals surface area contributed by atoms with Gasteiger partial charge >= 0.3 is 0 Å². The second kappa shape index (κ2) is 8.37. The third kappa shape index (κ3) is 3.12. The van der Waals surface area contributed by atoms with E-state index in [-0.39, 0.29) is 0 Å². The molecule has 0 saturated heterocycles. The van der Waals surface area contributed by atoms with E-state index in [1.54, 1.807) is 21.3 Å². The molecule has 0 saturated carbocycles. The average Bonchev–Trinajstić information content (AvgIpc) is 3.31. The fourth-order valence-corrected chi connectivity index (χ4v) is 5.00. The van der Waals surface area contributed by atoms with E-state index < -0.39 is 0 Å². The van der Waals surface area contributed by atoms with Crippen LogP contribution < -0.4 is 14.2 Å². The lowest BCUT2D eigenvalue weighted by Crippen LogP contribution is -2.02. The van der Waals surface area contributed by atoms with Crippen molar-refractivity contribution in [3.05, 3.63) is 91.0 Å². The zero-order chi connectivity index (χ0) is 23.9. The number of hydrogen-bond acceptors (Lipinski definition) is 4. The minimum atomic E-state index is 0.555. The summed E-state index contributed by atoms with van der Waals surface area (Å²) < 4.78 is 19.8. The number of benzene rings is 4. The van der Waals surface area contributed by atoms with Gasteiger partial charge in [0.1, 0.15) is 5.65 Å². The second-order valence-corrected chi connectivity index (χ2v) is 8.28. The van der Waals surface area contributed by atoms with Gasteiger partial charge in [-0.3, -0.25) is 4.40 Å². The number of methoxy groups -OCH3 is 3. The Morgan fingerprint density at radius 2 is 1.29 bits per heavy atom. The molecule has 0 aliphatic carbocycles. The second-order valence-electron chi connectivity index (χ2n) is 8.28. The van der Waals surface area contributed by atoms with Gasteiger partial charge in [-0.2, -0.15) is 0 Å². The maximum absolute atomic E-state index is 6.03. The van der Waals surface area contributed by atoms with Gasteiger partial charge in [0.2, 0.25) is 5.75 Å². The van der Waals surface area contributed by atoms with Crippen molar-refractivity contribution in [3.8, 4) is 39.6 Å². The van der Waals surface area contributed by atoms with E-state index in [1.807, 2.05) is 36.4 Å². The van der Waals surface area contributed by atoms with Crippen LogP contribution in [0.1, 0.15) is 0 Å². The lowest BCUT2D eigenvalue weighted by molar-refractivity contribution is 0.327. The molecule has 0 radical (unpaired) electrons. The highest BCUT2D eigenvalue weighted by molar-refractivity contribution is 6.15. The van der Waals surface area contributed by atoms with Gasteiger partial charge in [0, 0.05) is 16.3 Å². The molecule has 4 aromatic carbocycles. The van der Waals surface area contributed by atoms with E-state index >= 15 is 0 Å². The average molecular weight is 461 g/mol. The summed E-state index contributed by atoms with van der Waals surface area (Å²) in [4.78, 5) is 5.08. The lowest BCUT2D eigenvalue weighted by Gasteiger charge is -2.21. The van der Waals surface area contributed by atoms with Crippen LogP contribution >= 0.6 is 0 Å². The van der Waals surface area contributed by atoms with Gasteiger partial charge in [0.05, 0.1) is 38.1 Å². The zero-order valence-corrected chi connectivity index (χ0v) is 19.8. The number of pyridine rings is 1. The molecule has 0 N–H and O–H groups in total. The van der Waals surface area contributed by atoms with E-state index in [2.05, 4.69) is 59.0 Å². The first-order valence-corrected chi connectivity index (χ1v) is 11.4. The minimum Gasteiger partial charge on any atom is -0.493 e. The summed E-state index contributed by atoms with van der Waals surface area (Å²) in [6.45, 7) is 0. The Bertz CT molecular complexity index is 1690. The van der Waals surface area contributed by atoms with E-state index in [0.29, 0.717) is 17.2 Å². The molecule has 2 aromatic heterocycles. The van der Waals surface area contributed by atoms with Crippen LogP contribution in [-0.4, -0.2) is 30.7 Å². The predicted molar refractivity (Wildman–Crippen MR) is 141 cm³/mol. The number of hydrogen-bond donors (Lipinski definition) is 0. The maximum atomic E-state index is 6.03. The minimum absolute atomic E-state index is 0.555. The van der Waals surface area contributed by atoms with Crippen molar-refractivity contribution in [2.24, 2.45) is 0 Å². The van der Waals surface area contributed by atoms with Gasteiger partial charge < -0.3 is 14.2 Å². The number of nitrogens with zero attached hydrogens (tertiary/aromatic N) is 2. The van der Waals surface area contributed by atoms with Crippen molar-refractivity contribution < 1.29 is 14.2 Å². The van der Waals surface area contributed by atoms with Crippen LogP contribution in [0.3, 0.4) is 0 Å². The predicted octanol–water partition coefficient (Wildman–Crippen LogP) is 7.00. The number of ether oxygens (including phenoxy) is 3. The molecular weight excluding hydrogens is 436 g/mol. The quantitative estimate of drug-likeness (QED) is 0.278. The van der Waals surface area contributed by atoms with Crippen LogP contribution in [0.5, 0.6) is 17.2 Å². The van der Waals surface area contributed by atoms with Crippen molar-refractivity contribution in [3.63, 3.8) is 0 Å².